The molecule has 2 heterocycles. The largest absolute Gasteiger partial charge is 0.473 e. The van der Waals surface area contributed by atoms with Crippen LogP contribution < -0.4 is 5.32 Å². The van der Waals surface area contributed by atoms with Gasteiger partial charge >= 0.3 is 11.9 Å². The van der Waals surface area contributed by atoms with Crippen molar-refractivity contribution in [3.05, 3.63) is 51.8 Å². The minimum Gasteiger partial charge on any atom is -0.473 e. The molecule has 0 bridgehead atoms. The van der Waals surface area contributed by atoms with Gasteiger partial charge in [0.1, 0.15) is 0 Å². The molecule has 3 N–H and O–H groups in total. The van der Waals surface area contributed by atoms with E-state index < -0.39 is 11.9 Å². The number of aryl methyl sites for hydroxylation is 1. The van der Waals surface area contributed by atoms with Crippen molar-refractivity contribution in [2.24, 2.45) is 0 Å². The van der Waals surface area contributed by atoms with E-state index in [-0.39, 0.29) is 5.91 Å². The molecule has 0 atom stereocenters. The first kappa shape index (κ1) is 29.3. The van der Waals surface area contributed by atoms with E-state index in [1.54, 1.807) is 0 Å². The predicted octanol–water partition coefficient (Wildman–Crippen LogP) is 2.39. The summed E-state index contributed by atoms with van der Waals surface area (Å²) in [4.78, 5) is 34.9. The Labute approximate surface area is 216 Å². The van der Waals surface area contributed by atoms with Crippen LogP contribution >= 0.6 is 11.6 Å². The minimum atomic E-state index is -1.82. The maximum atomic E-state index is 12.0. The number of amides is 1. The molecule has 36 heavy (non-hydrogen) atoms. The average molecular weight is 522 g/mol. The molecule has 1 aromatic heterocycles. The Hall–Kier alpha value is -2.95. The van der Waals surface area contributed by atoms with E-state index in [0.717, 1.165) is 68.4 Å². The number of hydrogen-bond acceptors (Lipinski definition) is 6. The second-order valence-electron chi connectivity index (χ2n) is 8.76. The molecule has 10 nitrogen and oxygen atoms in total. The van der Waals surface area contributed by atoms with Crippen molar-refractivity contribution in [1.29, 1.82) is 0 Å². The molecule has 0 spiro atoms. The predicted molar refractivity (Wildman–Crippen MR) is 137 cm³/mol. The first-order chi connectivity index (χ1) is 17.1. The summed E-state index contributed by atoms with van der Waals surface area (Å²) in [6.45, 7) is 13.0. The third-order valence-corrected chi connectivity index (χ3v) is 6.43. The van der Waals surface area contributed by atoms with E-state index in [1.807, 2.05) is 18.2 Å². The molecule has 2 aromatic rings. The molecule has 1 aliphatic rings. The zero-order chi connectivity index (χ0) is 26.7. The summed E-state index contributed by atoms with van der Waals surface area (Å²) in [6.07, 6.45) is 2.15. The van der Waals surface area contributed by atoms with Crippen molar-refractivity contribution >= 4 is 29.4 Å². The number of carbonyl (C=O) groups excluding carboxylic acids is 1. The van der Waals surface area contributed by atoms with Crippen molar-refractivity contribution in [3.63, 3.8) is 0 Å². The fourth-order valence-corrected chi connectivity index (χ4v) is 4.09. The van der Waals surface area contributed by atoms with Crippen molar-refractivity contribution in [2.75, 3.05) is 39.3 Å². The molecule has 1 amide bonds. The first-order valence-electron chi connectivity index (χ1n) is 12.1. The standard InChI is InChI=1S/C23H34ClN5O.C2H2O4/c1-4-5-10-25-23(30)17-28-13-11-27(12-14-28)16-21-18(2)26-29(19(21)3)15-20-8-6-7-9-22(20)24;3-1(4)2(5)6/h6-9H,4-5,10-17H2,1-3H3,(H,25,30);(H,3,4)(H,5,6). The van der Waals surface area contributed by atoms with Crippen LogP contribution in [0.2, 0.25) is 5.02 Å². The second-order valence-corrected chi connectivity index (χ2v) is 9.17. The fourth-order valence-electron chi connectivity index (χ4n) is 3.90. The first-order valence-corrected chi connectivity index (χ1v) is 12.4. The van der Waals surface area contributed by atoms with Gasteiger partial charge in [0, 0.05) is 55.5 Å². The Balaban J connectivity index is 0.000000678. The molecule has 1 aliphatic heterocycles. The minimum absolute atomic E-state index is 0.143. The lowest BCUT2D eigenvalue weighted by molar-refractivity contribution is -0.159. The molecule has 3 rings (SSSR count). The molecule has 1 aromatic carbocycles. The molecule has 1 fully saturated rings. The Bertz CT molecular complexity index is 1020. The molecule has 11 heteroatoms. The summed E-state index contributed by atoms with van der Waals surface area (Å²) in [5.41, 5.74) is 4.66. The molecule has 1 saturated heterocycles. The fraction of sp³-hybridized carbons (Fsp3) is 0.520. The molecule has 198 valence electrons. The number of carboxylic acid groups (broad SMARTS) is 2. The van der Waals surface area contributed by atoms with Gasteiger partial charge < -0.3 is 15.5 Å². The molecular weight excluding hydrogens is 486 g/mol. The monoisotopic (exact) mass is 521 g/mol. The number of rotatable bonds is 9. The Kier molecular flexibility index (Phi) is 11.9. The highest BCUT2D eigenvalue weighted by atomic mass is 35.5. The van der Waals surface area contributed by atoms with Crippen LogP contribution in [0.4, 0.5) is 0 Å². The second kappa shape index (κ2) is 14.6. The van der Waals surface area contributed by atoms with Crippen LogP contribution in [0.1, 0.15) is 42.3 Å². The highest BCUT2D eigenvalue weighted by Crippen LogP contribution is 2.21. The van der Waals surface area contributed by atoms with Crippen molar-refractivity contribution < 1.29 is 24.6 Å². The van der Waals surface area contributed by atoms with Crippen LogP contribution in [-0.2, 0) is 27.5 Å². The van der Waals surface area contributed by atoms with Crippen LogP contribution in [0.5, 0.6) is 0 Å². The lowest BCUT2D eigenvalue weighted by atomic mass is 10.1. The van der Waals surface area contributed by atoms with Gasteiger partial charge in [-0.2, -0.15) is 5.10 Å². The summed E-state index contributed by atoms with van der Waals surface area (Å²) >= 11 is 6.33. The van der Waals surface area contributed by atoms with E-state index in [0.29, 0.717) is 13.1 Å². The van der Waals surface area contributed by atoms with Crippen LogP contribution in [-0.4, -0.2) is 86.9 Å². The zero-order valence-corrected chi connectivity index (χ0v) is 21.9. The van der Waals surface area contributed by atoms with Crippen molar-refractivity contribution in [3.8, 4) is 0 Å². The van der Waals surface area contributed by atoms with Gasteiger partial charge in [0.2, 0.25) is 5.91 Å². The van der Waals surface area contributed by atoms with Gasteiger partial charge in [0.15, 0.2) is 0 Å². The number of piperazine rings is 1. The summed E-state index contributed by atoms with van der Waals surface area (Å²) < 4.78 is 2.06. The van der Waals surface area contributed by atoms with Crippen LogP contribution in [0.15, 0.2) is 24.3 Å². The Morgan fingerprint density at radius 3 is 2.19 bits per heavy atom. The lowest BCUT2D eigenvalue weighted by Gasteiger charge is -2.34. The summed E-state index contributed by atoms with van der Waals surface area (Å²) in [5.74, 6) is -3.51. The number of nitrogens with one attached hydrogen (secondary N) is 1. The normalized spacial score (nSPS) is 14.1. The van der Waals surface area contributed by atoms with Crippen molar-refractivity contribution in [2.45, 2.75) is 46.7 Å². The molecule has 0 saturated carbocycles. The van der Waals surface area contributed by atoms with Gasteiger partial charge in [-0.1, -0.05) is 43.1 Å². The highest BCUT2D eigenvalue weighted by Gasteiger charge is 2.21. The number of aliphatic carboxylic acids is 2. The van der Waals surface area contributed by atoms with Gasteiger partial charge in [0.25, 0.3) is 0 Å². The van der Waals surface area contributed by atoms with Gasteiger partial charge in [-0.05, 0) is 31.9 Å². The number of benzene rings is 1. The maximum absolute atomic E-state index is 12.0. The van der Waals surface area contributed by atoms with E-state index in [2.05, 4.69) is 46.6 Å². The molecule has 0 unspecified atom stereocenters. The third-order valence-electron chi connectivity index (χ3n) is 6.06. The number of carboxylic acids is 2. The van der Waals surface area contributed by atoms with Crippen LogP contribution in [0.3, 0.4) is 0 Å². The van der Waals surface area contributed by atoms with E-state index in [4.69, 9.17) is 36.5 Å². The third kappa shape index (κ3) is 9.25. The number of halogens is 1. The number of nitrogens with zero attached hydrogens (tertiary/aromatic N) is 4. The topological polar surface area (TPSA) is 128 Å². The SMILES string of the molecule is CCCCNC(=O)CN1CCN(Cc2c(C)nn(Cc3ccccc3Cl)c2C)CC1.O=C(O)C(=O)O. The quantitative estimate of drug-likeness (QED) is 0.339. The van der Waals surface area contributed by atoms with Gasteiger partial charge in [0.05, 0.1) is 18.8 Å². The molecular formula is C25H36ClN5O5. The van der Waals surface area contributed by atoms with E-state index >= 15 is 0 Å². The maximum Gasteiger partial charge on any atom is 0.414 e. The van der Waals surface area contributed by atoms with Crippen LogP contribution in [0.25, 0.3) is 0 Å². The lowest BCUT2D eigenvalue weighted by Crippen LogP contribution is -2.49. The average Bonchev–Trinajstić information content (AvgIpc) is 3.09. The smallest absolute Gasteiger partial charge is 0.414 e. The van der Waals surface area contributed by atoms with E-state index in [1.165, 1.54) is 11.3 Å². The Morgan fingerprint density at radius 2 is 1.61 bits per heavy atom. The summed E-state index contributed by atoms with van der Waals surface area (Å²) in [6, 6.07) is 7.94. The summed E-state index contributed by atoms with van der Waals surface area (Å²) in [5, 5.41) is 23.3. The summed E-state index contributed by atoms with van der Waals surface area (Å²) in [7, 11) is 0. The van der Waals surface area contributed by atoms with Gasteiger partial charge in [-0.25, -0.2) is 9.59 Å². The zero-order valence-electron chi connectivity index (χ0n) is 21.2. The van der Waals surface area contributed by atoms with E-state index in [9.17, 15) is 4.79 Å². The number of unbranched alkanes of at least 4 members (excludes halogenated alkanes) is 1. The number of aromatic nitrogens is 2. The number of hydrogen-bond donors (Lipinski definition) is 3. The van der Waals surface area contributed by atoms with Crippen LogP contribution in [0, 0.1) is 13.8 Å². The van der Waals surface area contributed by atoms with Gasteiger partial charge in [-0.3, -0.25) is 19.3 Å². The molecule has 0 radical (unpaired) electrons. The highest BCUT2D eigenvalue weighted by molar-refractivity contribution is 6.31. The Morgan fingerprint density at radius 1 is 1.00 bits per heavy atom. The van der Waals surface area contributed by atoms with Gasteiger partial charge in [-0.15, -0.1) is 0 Å². The molecule has 0 aliphatic carbocycles. The van der Waals surface area contributed by atoms with Crippen molar-refractivity contribution in [1.82, 2.24) is 24.9 Å². The number of carbonyl (C=O) groups is 3.